The number of anilines is 1. The van der Waals surface area contributed by atoms with Crippen LogP contribution in [-0.2, 0) is 9.53 Å². The number of benzene rings is 2. The normalized spacial score (nSPS) is 19.0. The quantitative estimate of drug-likeness (QED) is 0.268. The molecule has 0 radical (unpaired) electrons. The maximum Gasteiger partial charge on any atom is 0.345 e. The molecule has 0 saturated carbocycles. The van der Waals surface area contributed by atoms with Gasteiger partial charge in [-0.2, -0.15) is 0 Å². The number of carbonyl (C=O) groups excluding carboxylic acids is 4. The number of fused-ring (bicyclic) bond motifs is 1. The number of pyridine rings is 1. The van der Waals surface area contributed by atoms with Crippen LogP contribution in [0.25, 0.3) is 10.8 Å². The van der Waals surface area contributed by atoms with Crippen molar-refractivity contribution >= 4 is 40.6 Å². The third kappa shape index (κ3) is 7.32. The van der Waals surface area contributed by atoms with E-state index in [1.165, 1.54) is 11.6 Å². The van der Waals surface area contributed by atoms with Crippen LogP contribution in [0.4, 0.5) is 15.4 Å². The Morgan fingerprint density at radius 2 is 1.55 bits per heavy atom. The third-order valence-electron chi connectivity index (χ3n) is 8.07. The predicted octanol–water partition coefficient (Wildman–Crippen LogP) is 2.42. The molecule has 0 spiro atoms. The second kappa shape index (κ2) is 13.8. The molecular formula is C30H37N7O5. The van der Waals surface area contributed by atoms with Gasteiger partial charge in [0.15, 0.2) is 0 Å². The second-order valence-corrected chi connectivity index (χ2v) is 10.5. The van der Waals surface area contributed by atoms with E-state index in [0.717, 1.165) is 44.3 Å². The molecule has 2 aliphatic rings. The molecule has 8 N–H and O–H groups in total. The highest BCUT2D eigenvalue weighted by Gasteiger charge is 2.38. The van der Waals surface area contributed by atoms with E-state index in [1.54, 1.807) is 34.2 Å². The molecule has 12 nitrogen and oxygen atoms in total. The number of aromatic nitrogens is 1. The number of urea groups is 2. The van der Waals surface area contributed by atoms with E-state index in [4.69, 9.17) is 22.9 Å². The van der Waals surface area contributed by atoms with Crippen molar-refractivity contribution in [2.24, 2.45) is 29.0 Å². The van der Waals surface area contributed by atoms with Crippen LogP contribution in [0.1, 0.15) is 41.1 Å². The fourth-order valence-electron chi connectivity index (χ4n) is 5.86. The van der Waals surface area contributed by atoms with Crippen molar-refractivity contribution in [1.82, 2.24) is 14.8 Å². The average molecular weight is 576 g/mol. The van der Waals surface area contributed by atoms with Crippen LogP contribution in [0.2, 0.25) is 0 Å². The van der Waals surface area contributed by atoms with Crippen molar-refractivity contribution in [3.8, 4) is 0 Å². The average Bonchev–Trinajstić information content (AvgIpc) is 3.01. The van der Waals surface area contributed by atoms with Crippen molar-refractivity contribution in [3.63, 3.8) is 0 Å². The first-order chi connectivity index (χ1) is 20.2. The summed E-state index contributed by atoms with van der Waals surface area (Å²) in [6.07, 6.45) is 4.50. The topological polar surface area (TPSA) is 201 Å². The minimum Gasteiger partial charge on any atom is -0.388 e. The number of esters is 2. The molecule has 3 aromatic rings. The van der Waals surface area contributed by atoms with Crippen molar-refractivity contribution in [3.05, 3.63) is 71.9 Å². The van der Waals surface area contributed by atoms with Crippen molar-refractivity contribution in [1.29, 1.82) is 0 Å². The van der Waals surface area contributed by atoms with E-state index in [0.29, 0.717) is 35.5 Å². The number of nitrogens with two attached hydrogens (primary N) is 4. The van der Waals surface area contributed by atoms with Crippen molar-refractivity contribution in [2.75, 3.05) is 38.5 Å². The molecule has 2 aliphatic heterocycles. The van der Waals surface area contributed by atoms with Gasteiger partial charge in [-0.25, -0.2) is 19.4 Å². The van der Waals surface area contributed by atoms with E-state index >= 15 is 0 Å². The first-order valence-electron chi connectivity index (χ1n) is 13.9. The van der Waals surface area contributed by atoms with Crippen molar-refractivity contribution in [2.45, 2.75) is 25.2 Å². The van der Waals surface area contributed by atoms with Gasteiger partial charge in [-0.1, -0.05) is 36.4 Å². The number of likely N-dealkylation sites (tertiary alicyclic amines) is 2. The Kier molecular flexibility index (Phi) is 9.92. The van der Waals surface area contributed by atoms with E-state index < -0.39 is 11.9 Å². The maximum absolute atomic E-state index is 11.6. The van der Waals surface area contributed by atoms with Gasteiger partial charge in [-0.05, 0) is 60.2 Å². The Morgan fingerprint density at radius 3 is 2.19 bits per heavy atom. The number of nitrogen functional groups attached to an aromatic ring is 1. The number of amides is 4. The maximum atomic E-state index is 11.6. The van der Waals surface area contributed by atoms with Gasteiger partial charge in [0.2, 0.25) is 0 Å². The summed E-state index contributed by atoms with van der Waals surface area (Å²) in [5.74, 6) is 0.151. The Bertz CT molecular complexity index is 1430. The van der Waals surface area contributed by atoms with Crippen LogP contribution >= 0.6 is 0 Å². The number of rotatable bonds is 4. The van der Waals surface area contributed by atoms with E-state index in [9.17, 15) is 19.2 Å². The Labute approximate surface area is 243 Å². The van der Waals surface area contributed by atoms with Crippen LogP contribution in [0.3, 0.4) is 0 Å². The number of hydrogen-bond acceptors (Lipinski definition) is 8. The van der Waals surface area contributed by atoms with Crippen LogP contribution in [0.15, 0.2) is 60.8 Å². The molecule has 0 bridgehead atoms. The standard InChI is InChI=1S/C18H26N4O2.C12H11N3O3/c19-17(23)21-9-6-14(7-10-21)15-8-11-22(18(20)24)12-16(15)13-4-2-1-3-5-13;13-6-10(16)18-12(17)8-2-1-7-3-4-15-11(14)9(7)5-8/h1-5,14-16H,6-12H2,(H2,19,23)(H2,20,24);1-5H,6,13H2,(H2,14,15). The highest BCUT2D eigenvalue weighted by Crippen LogP contribution is 2.41. The van der Waals surface area contributed by atoms with Gasteiger partial charge in [0.05, 0.1) is 12.1 Å². The van der Waals surface area contributed by atoms with E-state index in [-0.39, 0.29) is 24.2 Å². The monoisotopic (exact) mass is 575 g/mol. The van der Waals surface area contributed by atoms with Gasteiger partial charge in [-0.3, -0.25) is 4.79 Å². The fourth-order valence-corrected chi connectivity index (χ4v) is 5.86. The van der Waals surface area contributed by atoms with Gasteiger partial charge in [-0.15, -0.1) is 0 Å². The van der Waals surface area contributed by atoms with Crippen LogP contribution in [0, 0.1) is 11.8 Å². The lowest BCUT2D eigenvalue weighted by Gasteiger charge is -2.44. The number of carbonyl (C=O) groups is 4. The Hall–Kier alpha value is -4.71. The van der Waals surface area contributed by atoms with E-state index in [2.05, 4.69) is 21.9 Å². The van der Waals surface area contributed by atoms with Gasteiger partial charge in [0, 0.05) is 43.7 Å². The number of ether oxygens (including phenoxy) is 1. The van der Waals surface area contributed by atoms with E-state index in [1.807, 2.05) is 18.2 Å². The lowest BCUT2D eigenvalue weighted by Crippen LogP contribution is -2.49. The molecular weight excluding hydrogens is 538 g/mol. The molecule has 2 saturated heterocycles. The highest BCUT2D eigenvalue weighted by molar-refractivity contribution is 6.02. The minimum atomic E-state index is -0.778. The molecule has 42 heavy (non-hydrogen) atoms. The summed E-state index contributed by atoms with van der Waals surface area (Å²) in [7, 11) is 0. The smallest absolute Gasteiger partial charge is 0.345 e. The Morgan fingerprint density at radius 1 is 0.881 bits per heavy atom. The molecule has 2 unspecified atom stereocenters. The first kappa shape index (κ1) is 30.3. The molecule has 0 aliphatic carbocycles. The summed E-state index contributed by atoms with van der Waals surface area (Å²) in [4.78, 5) is 52.9. The summed E-state index contributed by atoms with van der Waals surface area (Å²) in [6, 6.07) is 16.3. The molecule has 1 aromatic heterocycles. The molecule has 12 heteroatoms. The molecule has 4 amide bonds. The minimum absolute atomic E-state index is 0.226. The van der Waals surface area contributed by atoms with Crippen LogP contribution in [0.5, 0.6) is 0 Å². The lowest BCUT2D eigenvalue weighted by molar-refractivity contribution is -0.136. The zero-order valence-corrected chi connectivity index (χ0v) is 23.4. The van der Waals surface area contributed by atoms with Gasteiger partial charge in [0.1, 0.15) is 5.82 Å². The second-order valence-electron chi connectivity index (χ2n) is 10.5. The zero-order chi connectivity index (χ0) is 30.2. The molecule has 3 heterocycles. The third-order valence-corrected chi connectivity index (χ3v) is 8.07. The summed E-state index contributed by atoms with van der Waals surface area (Å²) in [5, 5.41) is 1.48. The zero-order valence-electron chi connectivity index (χ0n) is 23.4. The SMILES string of the molecule is NC(=O)N1CCC(C2CCN(C(N)=O)CC2c2ccccc2)CC1.NCC(=O)OC(=O)c1ccc2ccnc(N)c2c1. The van der Waals surface area contributed by atoms with Gasteiger partial charge in [0.25, 0.3) is 0 Å². The summed E-state index contributed by atoms with van der Waals surface area (Å²) in [6.45, 7) is 2.53. The summed E-state index contributed by atoms with van der Waals surface area (Å²) < 4.78 is 4.51. The molecule has 5 rings (SSSR count). The molecule has 222 valence electrons. The largest absolute Gasteiger partial charge is 0.388 e. The Balaban J connectivity index is 0.000000201. The number of primary amides is 2. The summed E-state index contributed by atoms with van der Waals surface area (Å²) in [5.41, 5.74) is 23.2. The van der Waals surface area contributed by atoms with Crippen LogP contribution < -0.4 is 22.9 Å². The summed E-state index contributed by atoms with van der Waals surface area (Å²) >= 11 is 0. The highest BCUT2D eigenvalue weighted by atomic mass is 16.6. The van der Waals surface area contributed by atoms with Crippen LogP contribution in [-0.4, -0.2) is 71.5 Å². The number of hydrogen-bond donors (Lipinski definition) is 4. The molecule has 2 fully saturated rings. The first-order valence-corrected chi connectivity index (χ1v) is 13.9. The lowest BCUT2D eigenvalue weighted by atomic mass is 9.70. The fraction of sp³-hybridized carbons (Fsp3) is 0.367. The molecule has 2 aromatic carbocycles. The number of nitrogens with zero attached hydrogens (tertiary/aromatic N) is 3. The van der Waals surface area contributed by atoms with Gasteiger partial charge >= 0.3 is 24.0 Å². The van der Waals surface area contributed by atoms with Gasteiger partial charge < -0.3 is 37.5 Å². The predicted molar refractivity (Wildman–Crippen MR) is 158 cm³/mol. The van der Waals surface area contributed by atoms with Crippen molar-refractivity contribution < 1.29 is 23.9 Å². The number of piperidine rings is 2. The molecule has 2 atom stereocenters.